The summed E-state index contributed by atoms with van der Waals surface area (Å²) in [5.74, 6) is 0.548. The molecule has 23 heavy (non-hydrogen) atoms. The molecule has 0 aromatic heterocycles. The van der Waals surface area contributed by atoms with Gasteiger partial charge in [0.15, 0.2) is 0 Å². The van der Waals surface area contributed by atoms with Gasteiger partial charge in [0.25, 0.3) is 10.0 Å². The first-order chi connectivity index (χ1) is 10.9. The zero-order chi connectivity index (χ0) is 17.0. The van der Waals surface area contributed by atoms with Crippen LogP contribution < -0.4 is 14.2 Å². The normalized spacial score (nSPS) is 10.7. The molecule has 0 amide bonds. The maximum atomic E-state index is 12.5. The number of hydrogen-bond donors (Lipinski definition) is 1. The topological polar surface area (TPSA) is 88.4 Å². The third-order valence-electron chi connectivity index (χ3n) is 2.99. The van der Waals surface area contributed by atoms with Gasteiger partial charge in [-0.25, -0.2) is 8.42 Å². The van der Waals surface area contributed by atoms with E-state index in [0.29, 0.717) is 10.8 Å². The minimum absolute atomic E-state index is 0.0347. The summed E-state index contributed by atoms with van der Waals surface area (Å²) < 4.78 is 37.6. The molecule has 0 heterocycles. The Morgan fingerprint density at radius 3 is 2.43 bits per heavy atom. The van der Waals surface area contributed by atoms with Crippen molar-refractivity contribution in [2.24, 2.45) is 0 Å². The number of anilines is 1. The van der Waals surface area contributed by atoms with Gasteiger partial charge in [0.05, 0.1) is 41.5 Å². The number of rotatable bonds is 5. The molecular weight excluding hydrogens is 340 g/mol. The fourth-order valence-corrected chi connectivity index (χ4v) is 3.21. The molecule has 0 fully saturated rings. The zero-order valence-corrected chi connectivity index (χ0v) is 13.9. The van der Waals surface area contributed by atoms with Crippen LogP contribution in [0.2, 0.25) is 5.02 Å². The van der Waals surface area contributed by atoms with Crippen molar-refractivity contribution in [1.82, 2.24) is 0 Å². The number of benzene rings is 2. The molecule has 2 aromatic rings. The Hall–Kier alpha value is -2.43. The molecule has 1 N–H and O–H groups in total. The lowest BCUT2D eigenvalue weighted by atomic mass is 10.2. The Morgan fingerprint density at radius 1 is 1.13 bits per heavy atom. The summed E-state index contributed by atoms with van der Waals surface area (Å²) in [6, 6.07) is 10.5. The number of halogens is 1. The smallest absolute Gasteiger partial charge is 0.262 e. The molecular formula is C15H13ClN2O4S. The Labute approximate surface area is 139 Å². The highest BCUT2D eigenvalue weighted by atomic mass is 35.5. The molecule has 0 spiro atoms. The monoisotopic (exact) mass is 352 g/mol. The van der Waals surface area contributed by atoms with Crippen molar-refractivity contribution in [2.75, 3.05) is 18.9 Å². The highest BCUT2D eigenvalue weighted by Gasteiger charge is 2.19. The van der Waals surface area contributed by atoms with Crippen LogP contribution in [0.25, 0.3) is 0 Å². The second-order valence-electron chi connectivity index (χ2n) is 4.43. The molecule has 6 nitrogen and oxygen atoms in total. The molecule has 2 rings (SSSR count). The van der Waals surface area contributed by atoms with Gasteiger partial charge < -0.3 is 9.47 Å². The predicted molar refractivity (Wildman–Crippen MR) is 86.5 cm³/mol. The van der Waals surface area contributed by atoms with Crippen LogP contribution in [-0.2, 0) is 10.0 Å². The van der Waals surface area contributed by atoms with E-state index in [1.54, 1.807) is 0 Å². The minimum Gasteiger partial charge on any atom is -0.495 e. The van der Waals surface area contributed by atoms with E-state index in [9.17, 15) is 8.42 Å². The second-order valence-corrected chi connectivity index (χ2v) is 6.52. The fraction of sp³-hybridized carbons (Fsp3) is 0.133. The van der Waals surface area contributed by atoms with E-state index in [1.807, 2.05) is 6.07 Å². The Bertz CT molecular complexity index is 876. The molecule has 8 heteroatoms. The summed E-state index contributed by atoms with van der Waals surface area (Å²) in [5.41, 5.74) is 0.421. The average molecular weight is 353 g/mol. The SMILES string of the molecule is COc1cc(NS(=O)(=O)c2cccc(C#N)c2)c(OC)cc1Cl. The van der Waals surface area contributed by atoms with Gasteiger partial charge in [-0.2, -0.15) is 5.26 Å². The number of nitrogens with zero attached hydrogens (tertiary/aromatic N) is 1. The summed E-state index contributed by atoms with van der Waals surface area (Å²) in [6.45, 7) is 0. The highest BCUT2D eigenvalue weighted by Crippen LogP contribution is 2.36. The lowest BCUT2D eigenvalue weighted by Gasteiger charge is -2.14. The van der Waals surface area contributed by atoms with Gasteiger partial charge in [0.1, 0.15) is 11.5 Å². The van der Waals surface area contributed by atoms with E-state index in [0.717, 1.165) is 0 Å². The van der Waals surface area contributed by atoms with Gasteiger partial charge in [-0.05, 0) is 18.2 Å². The maximum absolute atomic E-state index is 12.5. The largest absolute Gasteiger partial charge is 0.495 e. The number of ether oxygens (including phenoxy) is 2. The summed E-state index contributed by atoms with van der Waals surface area (Å²) in [5, 5.41) is 9.17. The van der Waals surface area contributed by atoms with Crippen molar-refractivity contribution in [1.29, 1.82) is 5.26 Å². The number of hydrogen-bond acceptors (Lipinski definition) is 5. The van der Waals surface area contributed by atoms with Crippen LogP contribution >= 0.6 is 11.6 Å². The van der Waals surface area contributed by atoms with Gasteiger partial charge in [-0.3, -0.25) is 4.72 Å². The molecule has 0 saturated heterocycles. The second kappa shape index (κ2) is 6.77. The Kier molecular flexibility index (Phi) is 4.98. The lowest BCUT2D eigenvalue weighted by molar-refractivity contribution is 0.405. The molecule has 0 bridgehead atoms. The zero-order valence-electron chi connectivity index (χ0n) is 12.3. The molecule has 0 saturated carbocycles. The van der Waals surface area contributed by atoms with Crippen molar-refractivity contribution >= 4 is 27.3 Å². The molecule has 120 valence electrons. The predicted octanol–water partition coefficient (Wildman–Crippen LogP) is 3.03. The first-order valence-corrected chi connectivity index (χ1v) is 8.22. The van der Waals surface area contributed by atoms with Crippen LogP contribution in [0.5, 0.6) is 11.5 Å². The van der Waals surface area contributed by atoms with Crippen LogP contribution in [0.15, 0.2) is 41.3 Å². The van der Waals surface area contributed by atoms with E-state index in [-0.39, 0.29) is 21.9 Å². The number of sulfonamides is 1. The van der Waals surface area contributed by atoms with Crippen molar-refractivity contribution in [3.63, 3.8) is 0 Å². The summed E-state index contributed by atoms with van der Waals surface area (Å²) >= 11 is 5.99. The minimum atomic E-state index is -3.90. The molecule has 0 aliphatic carbocycles. The maximum Gasteiger partial charge on any atom is 0.262 e. The van der Waals surface area contributed by atoms with Gasteiger partial charge >= 0.3 is 0 Å². The summed E-state index contributed by atoms with van der Waals surface area (Å²) in [6.07, 6.45) is 0. The lowest BCUT2D eigenvalue weighted by Crippen LogP contribution is -2.14. The standard InChI is InChI=1S/C15H13ClN2O4S/c1-21-14-8-13(15(22-2)7-12(14)16)18-23(19,20)11-5-3-4-10(6-11)9-17/h3-8,18H,1-2H3. The van der Waals surface area contributed by atoms with Gasteiger partial charge in [0.2, 0.25) is 0 Å². The van der Waals surface area contributed by atoms with Crippen molar-refractivity contribution < 1.29 is 17.9 Å². The molecule has 0 unspecified atom stereocenters. The fourth-order valence-electron chi connectivity index (χ4n) is 1.88. The third kappa shape index (κ3) is 3.67. The summed E-state index contributed by atoms with van der Waals surface area (Å²) in [4.78, 5) is -0.0347. The van der Waals surface area contributed by atoms with E-state index in [2.05, 4.69) is 4.72 Å². The van der Waals surface area contributed by atoms with Crippen molar-refractivity contribution in [3.05, 3.63) is 47.0 Å². The quantitative estimate of drug-likeness (QED) is 0.893. The molecule has 2 aromatic carbocycles. The van der Waals surface area contributed by atoms with E-state index in [4.69, 9.17) is 26.3 Å². The molecule has 0 atom stereocenters. The van der Waals surface area contributed by atoms with Gasteiger partial charge in [0, 0.05) is 12.1 Å². The van der Waals surface area contributed by atoms with E-state index >= 15 is 0 Å². The summed E-state index contributed by atoms with van der Waals surface area (Å²) in [7, 11) is -1.08. The molecule has 0 radical (unpaired) electrons. The number of nitriles is 1. The Morgan fingerprint density at radius 2 is 1.83 bits per heavy atom. The van der Waals surface area contributed by atoms with Crippen LogP contribution in [0, 0.1) is 11.3 Å². The van der Waals surface area contributed by atoms with E-state index in [1.165, 1.54) is 50.6 Å². The Balaban J connectivity index is 2.46. The van der Waals surface area contributed by atoms with Crippen LogP contribution in [0.4, 0.5) is 5.69 Å². The number of methoxy groups -OCH3 is 2. The molecule has 0 aliphatic rings. The average Bonchev–Trinajstić information content (AvgIpc) is 2.55. The highest BCUT2D eigenvalue weighted by molar-refractivity contribution is 7.92. The van der Waals surface area contributed by atoms with E-state index < -0.39 is 10.0 Å². The van der Waals surface area contributed by atoms with Crippen LogP contribution in [0.3, 0.4) is 0 Å². The van der Waals surface area contributed by atoms with Crippen molar-refractivity contribution in [2.45, 2.75) is 4.90 Å². The van der Waals surface area contributed by atoms with Crippen LogP contribution in [0.1, 0.15) is 5.56 Å². The number of nitrogens with one attached hydrogen (secondary N) is 1. The molecule has 0 aliphatic heterocycles. The van der Waals surface area contributed by atoms with Gasteiger partial charge in [-0.15, -0.1) is 0 Å². The first kappa shape index (κ1) is 16.9. The third-order valence-corrected chi connectivity index (χ3v) is 4.65. The van der Waals surface area contributed by atoms with Gasteiger partial charge in [-0.1, -0.05) is 17.7 Å². The first-order valence-electron chi connectivity index (χ1n) is 6.35. The van der Waals surface area contributed by atoms with Crippen molar-refractivity contribution in [3.8, 4) is 17.6 Å². The van der Waals surface area contributed by atoms with Crippen LogP contribution in [-0.4, -0.2) is 22.6 Å².